The van der Waals surface area contributed by atoms with Gasteiger partial charge in [-0.2, -0.15) is 0 Å². The smallest absolute Gasteiger partial charge is 0.00723 e. The van der Waals surface area contributed by atoms with Crippen LogP contribution in [0.4, 0.5) is 0 Å². The summed E-state index contributed by atoms with van der Waals surface area (Å²) in [6.45, 7) is 2.56. The SMILES string of the molecule is CN1CCC(CCSc2ccc(-c3ccccc3)cc2)CC1. The van der Waals surface area contributed by atoms with Gasteiger partial charge in [-0.1, -0.05) is 42.5 Å². The van der Waals surface area contributed by atoms with Gasteiger partial charge in [0.1, 0.15) is 0 Å². The largest absolute Gasteiger partial charge is 0.306 e. The molecule has 116 valence electrons. The van der Waals surface area contributed by atoms with Gasteiger partial charge >= 0.3 is 0 Å². The lowest BCUT2D eigenvalue weighted by molar-refractivity contribution is 0.217. The zero-order valence-electron chi connectivity index (χ0n) is 13.4. The van der Waals surface area contributed by atoms with E-state index in [4.69, 9.17) is 0 Å². The van der Waals surface area contributed by atoms with Crippen LogP contribution in [0.2, 0.25) is 0 Å². The Morgan fingerprint density at radius 2 is 1.55 bits per heavy atom. The molecule has 1 aliphatic heterocycles. The van der Waals surface area contributed by atoms with E-state index in [0.29, 0.717) is 0 Å². The molecule has 1 heterocycles. The van der Waals surface area contributed by atoms with Crippen LogP contribution in [-0.4, -0.2) is 30.8 Å². The van der Waals surface area contributed by atoms with Gasteiger partial charge in [0, 0.05) is 4.90 Å². The molecule has 1 saturated heterocycles. The van der Waals surface area contributed by atoms with Crippen molar-refractivity contribution in [3.8, 4) is 11.1 Å². The average Bonchev–Trinajstić information content (AvgIpc) is 2.58. The molecule has 1 aliphatic rings. The minimum absolute atomic E-state index is 0.937. The van der Waals surface area contributed by atoms with Crippen molar-refractivity contribution in [1.82, 2.24) is 4.90 Å². The first kappa shape index (κ1) is 15.6. The van der Waals surface area contributed by atoms with Gasteiger partial charge in [-0.3, -0.25) is 0 Å². The zero-order valence-corrected chi connectivity index (χ0v) is 14.2. The monoisotopic (exact) mass is 311 g/mol. The van der Waals surface area contributed by atoms with E-state index in [1.54, 1.807) is 0 Å². The number of hydrogen-bond donors (Lipinski definition) is 0. The second kappa shape index (κ2) is 7.85. The Kier molecular flexibility index (Phi) is 5.58. The van der Waals surface area contributed by atoms with E-state index in [2.05, 4.69) is 66.5 Å². The van der Waals surface area contributed by atoms with Crippen LogP contribution < -0.4 is 0 Å². The van der Waals surface area contributed by atoms with Crippen LogP contribution in [0, 0.1) is 5.92 Å². The predicted octanol–water partition coefficient (Wildman–Crippen LogP) is 5.18. The third-order valence-electron chi connectivity index (χ3n) is 4.59. The molecule has 2 aromatic carbocycles. The average molecular weight is 311 g/mol. The van der Waals surface area contributed by atoms with Gasteiger partial charge < -0.3 is 4.90 Å². The summed E-state index contributed by atoms with van der Waals surface area (Å²) < 4.78 is 0. The van der Waals surface area contributed by atoms with Crippen molar-refractivity contribution in [3.05, 3.63) is 54.6 Å². The first-order chi connectivity index (χ1) is 10.8. The maximum absolute atomic E-state index is 2.45. The van der Waals surface area contributed by atoms with Gasteiger partial charge in [-0.25, -0.2) is 0 Å². The lowest BCUT2D eigenvalue weighted by Gasteiger charge is -2.28. The normalized spacial score (nSPS) is 16.8. The van der Waals surface area contributed by atoms with Crippen molar-refractivity contribution >= 4 is 11.8 Å². The Bertz CT molecular complexity index is 556. The molecule has 0 atom stereocenters. The number of nitrogens with zero attached hydrogens (tertiary/aromatic N) is 1. The van der Waals surface area contributed by atoms with Crippen LogP contribution in [0.3, 0.4) is 0 Å². The molecule has 22 heavy (non-hydrogen) atoms. The van der Waals surface area contributed by atoms with Crippen molar-refractivity contribution in [1.29, 1.82) is 0 Å². The summed E-state index contributed by atoms with van der Waals surface area (Å²) in [5.41, 5.74) is 2.60. The quantitative estimate of drug-likeness (QED) is 0.700. The molecule has 1 fully saturated rings. The molecule has 0 aliphatic carbocycles. The van der Waals surface area contributed by atoms with Crippen molar-refractivity contribution in [3.63, 3.8) is 0 Å². The maximum Gasteiger partial charge on any atom is 0.00723 e. The van der Waals surface area contributed by atoms with Crippen LogP contribution in [0.25, 0.3) is 11.1 Å². The van der Waals surface area contributed by atoms with Crippen molar-refractivity contribution in [2.45, 2.75) is 24.2 Å². The molecule has 0 bridgehead atoms. The Hall–Kier alpha value is -1.25. The highest BCUT2D eigenvalue weighted by atomic mass is 32.2. The molecule has 0 N–H and O–H groups in total. The fourth-order valence-electron chi connectivity index (χ4n) is 3.07. The summed E-state index contributed by atoms with van der Waals surface area (Å²) in [4.78, 5) is 3.85. The van der Waals surface area contributed by atoms with E-state index in [1.165, 1.54) is 54.1 Å². The van der Waals surface area contributed by atoms with Gasteiger partial charge in [-0.15, -0.1) is 11.8 Å². The van der Waals surface area contributed by atoms with E-state index in [0.717, 1.165) is 5.92 Å². The van der Waals surface area contributed by atoms with E-state index in [-0.39, 0.29) is 0 Å². The summed E-state index contributed by atoms with van der Waals surface area (Å²) in [7, 11) is 2.24. The molecule has 0 aromatic heterocycles. The van der Waals surface area contributed by atoms with Gasteiger partial charge in [0.05, 0.1) is 0 Å². The van der Waals surface area contributed by atoms with Crippen LogP contribution >= 0.6 is 11.8 Å². The fraction of sp³-hybridized carbons (Fsp3) is 0.400. The van der Waals surface area contributed by atoms with E-state index in [9.17, 15) is 0 Å². The van der Waals surface area contributed by atoms with Gasteiger partial charge in [-0.05, 0) is 74.3 Å². The lowest BCUT2D eigenvalue weighted by Crippen LogP contribution is -2.30. The summed E-state index contributed by atoms with van der Waals surface area (Å²) in [5.74, 6) is 2.19. The number of likely N-dealkylation sites (tertiary alicyclic amines) is 1. The predicted molar refractivity (Wildman–Crippen MR) is 97.4 cm³/mol. The van der Waals surface area contributed by atoms with Crippen LogP contribution in [0.1, 0.15) is 19.3 Å². The standard InChI is InChI=1S/C20H25NS/c1-21-14-11-17(12-15-21)13-16-22-20-9-7-19(8-10-20)18-5-3-2-4-6-18/h2-10,17H,11-16H2,1H3. The second-order valence-corrected chi connectivity index (χ2v) is 7.44. The second-order valence-electron chi connectivity index (χ2n) is 6.27. The summed E-state index contributed by atoms with van der Waals surface area (Å²) >= 11 is 2.01. The van der Waals surface area contributed by atoms with Crippen molar-refractivity contribution in [2.24, 2.45) is 5.92 Å². The van der Waals surface area contributed by atoms with E-state index >= 15 is 0 Å². The summed E-state index contributed by atoms with van der Waals surface area (Å²) in [5, 5.41) is 0. The Morgan fingerprint density at radius 1 is 0.909 bits per heavy atom. The zero-order chi connectivity index (χ0) is 15.2. The number of benzene rings is 2. The number of piperidine rings is 1. The molecule has 1 nitrogen and oxygen atoms in total. The highest BCUT2D eigenvalue weighted by molar-refractivity contribution is 7.99. The Balaban J connectivity index is 1.47. The van der Waals surface area contributed by atoms with E-state index < -0.39 is 0 Å². The van der Waals surface area contributed by atoms with Gasteiger partial charge in [0.15, 0.2) is 0 Å². The topological polar surface area (TPSA) is 3.24 Å². The summed E-state index contributed by atoms with van der Waals surface area (Å²) in [6.07, 6.45) is 4.12. The van der Waals surface area contributed by atoms with Gasteiger partial charge in [0.25, 0.3) is 0 Å². The number of thioether (sulfide) groups is 1. The van der Waals surface area contributed by atoms with Crippen LogP contribution in [0.15, 0.2) is 59.5 Å². The Labute approximate surface area is 138 Å². The molecule has 3 rings (SSSR count). The Morgan fingerprint density at radius 3 is 2.23 bits per heavy atom. The molecule has 2 aromatic rings. The van der Waals surface area contributed by atoms with Crippen molar-refractivity contribution in [2.75, 3.05) is 25.9 Å². The molecular weight excluding hydrogens is 286 g/mol. The molecular formula is C20H25NS. The maximum atomic E-state index is 2.45. The highest BCUT2D eigenvalue weighted by Crippen LogP contribution is 2.27. The summed E-state index contributed by atoms with van der Waals surface area (Å²) in [6, 6.07) is 19.6. The molecule has 0 radical (unpaired) electrons. The van der Waals surface area contributed by atoms with E-state index in [1.807, 2.05) is 11.8 Å². The van der Waals surface area contributed by atoms with Gasteiger partial charge in [0.2, 0.25) is 0 Å². The minimum atomic E-state index is 0.937. The molecule has 0 unspecified atom stereocenters. The number of hydrogen-bond acceptors (Lipinski definition) is 2. The highest BCUT2D eigenvalue weighted by Gasteiger charge is 2.16. The molecule has 0 saturated carbocycles. The third-order valence-corrected chi connectivity index (χ3v) is 5.64. The molecule has 0 spiro atoms. The van der Waals surface area contributed by atoms with Crippen molar-refractivity contribution < 1.29 is 0 Å². The fourth-order valence-corrected chi connectivity index (χ4v) is 4.08. The molecule has 2 heteroatoms. The van der Waals surface area contributed by atoms with Crippen LogP contribution in [0.5, 0.6) is 0 Å². The number of rotatable bonds is 5. The lowest BCUT2D eigenvalue weighted by atomic mass is 9.95. The minimum Gasteiger partial charge on any atom is -0.306 e. The first-order valence-corrected chi connectivity index (χ1v) is 9.26. The first-order valence-electron chi connectivity index (χ1n) is 8.28. The van der Waals surface area contributed by atoms with Crippen LogP contribution in [-0.2, 0) is 0 Å². The third kappa shape index (κ3) is 4.37. The molecule has 0 amide bonds.